The van der Waals surface area contributed by atoms with Gasteiger partial charge in [-0.05, 0) is 18.2 Å². The van der Waals surface area contributed by atoms with E-state index in [-0.39, 0.29) is 5.56 Å². The maximum Gasteiger partial charge on any atom is 0.236 e. The van der Waals surface area contributed by atoms with E-state index in [1.54, 1.807) is 0 Å². The minimum absolute atomic E-state index is 0.375. The SMILES string of the molecule is O=[C]c1cc(F)ccc1F. The maximum absolute atomic E-state index is 12.3. The van der Waals surface area contributed by atoms with Gasteiger partial charge in [-0.25, -0.2) is 8.78 Å². The summed E-state index contributed by atoms with van der Waals surface area (Å²) in [4.78, 5) is 9.85. The lowest BCUT2D eigenvalue weighted by atomic mass is 10.2. The zero-order chi connectivity index (χ0) is 7.56. The molecule has 0 aromatic heterocycles. The van der Waals surface area contributed by atoms with E-state index in [0.29, 0.717) is 0 Å². The normalized spacial score (nSPS) is 9.40. The van der Waals surface area contributed by atoms with Crippen LogP contribution in [0.25, 0.3) is 0 Å². The average molecular weight is 141 g/mol. The van der Waals surface area contributed by atoms with Gasteiger partial charge in [0.15, 0.2) is 0 Å². The fourth-order valence-electron chi connectivity index (χ4n) is 0.576. The van der Waals surface area contributed by atoms with Gasteiger partial charge in [0, 0.05) is 0 Å². The van der Waals surface area contributed by atoms with Crippen LogP contribution in [0.1, 0.15) is 5.56 Å². The highest BCUT2D eigenvalue weighted by atomic mass is 19.1. The van der Waals surface area contributed by atoms with Crippen molar-refractivity contribution in [1.82, 2.24) is 0 Å². The van der Waals surface area contributed by atoms with E-state index in [1.807, 2.05) is 0 Å². The van der Waals surface area contributed by atoms with Gasteiger partial charge >= 0.3 is 0 Å². The molecule has 0 aliphatic carbocycles. The van der Waals surface area contributed by atoms with Crippen LogP contribution in [0.3, 0.4) is 0 Å². The van der Waals surface area contributed by atoms with Crippen molar-refractivity contribution >= 4 is 6.29 Å². The lowest BCUT2D eigenvalue weighted by Gasteiger charge is -1.90. The Morgan fingerprint density at radius 2 is 2.00 bits per heavy atom. The molecule has 51 valence electrons. The van der Waals surface area contributed by atoms with Crippen molar-refractivity contribution in [2.45, 2.75) is 0 Å². The third kappa shape index (κ3) is 1.18. The first kappa shape index (κ1) is 6.86. The van der Waals surface area contributed by atoms with Gasteiger partial charge in [0.25, 0.3) is 0 Å². The summed E-state index contributed by atoms with van der Waals surface area (Å²) in [5, 5.41) is 0. The number of carbonyl (C=O) groups excluding carboxylic acids is 1. The average Bonchev–Trinajstić information content (AvgIpc) is 1.94. The lowest BCUT2D eigenvalue weighted by Crippen LogP contribution is -1.88. The van der Waals surface area contributed by atoms with Crippen molar-refractivity contribution in [1.29, 1.82) is 0 Å². The molecule has 1 nitrogen and oxygen atoms in total. The second kappa shape index (κ2) is 2.56. The number of halogens is 2. The molecule has 0 unspecified atom stereocenters. The van der Waals surface area contributed by atoms with Crippen LogP contribution in [-0.2, 0) is 4.79 Å². The Labute approximate surface area is 56.3 Å². The summed E-state index contributed by atoms with van der Waals surface area (Å²) in [5.41, 5.74) is -0.375. The molecular formula is C7H3F2O. The Balaban J connectivity index is 3.21. The number of hydrogen-bond donors (Lipinski definition) is 0. The Hall–Kier alpha value is -1.25. The van der Waals surface area contributed by atoms with Crippen LogP contribution in [0.2, 0.25) is 0 Å². The van der Waals surface area contributed by atoms with Crippen molar-refractivity contribution in [3.63, 3.8) is 0 Å². The van der Waals surface area contributed by atoms with E-state index in [1.165, 1.54) is 6.29 Å². The molecule has 0 aliphatic heterocycles. The van der Waals surface area contributed by atoms with Crippen LogP contribution in [0.15, 0.2) is 18.2 Å². The highest BCUT2D eigenvalue weighted by Gasteiger charge is 2.01. The Morgan fingerprint density at radius 3 is 2.50 bits per heavy atom. The smallest absolute Gasteiger partial charge is 0.236 e. The van der Waals surface area contributed by atoms with Gasteiger partial charge in [-0.3, -0.25) is 4.79 Å². The largest absolute Gasteiger partial charge is 0.285 e. The Morgan fingerprint density at radius 1 is 1.30 bits per heavy atom. The lowest BCUT2D eigenvalue weighted by molar-refractivity contribution is 0.553. The van der Waals surface area contributed by atoms with Gasteiger partial charge in [0.1, 0.15) is 11.6 Å². The van der Waals surface area contributed by atoms with Crippen molar-refractivity contribution in [3.05, 3.63) is 35.4 Å². The minimum atomic E-state index is -0.753. The fourth-order valence-corrected chi connectivity index (χ4v) is 0.576. The highest BCUT2D eigenvalue weighted by Crippen LogP contribution is 2.05. The molecule has 1 rings (SSSR count). The molecule has 0 heterocycles. The van der Waals surface area contributed by atoms with Crippen molar-refractivity contribution in [3.8, 4) is 0 Å². The van der Waals surface area contributed by atoms with Crippen LogP contribution in [0, 0.1) is 11.6 Å². The summed E-state index contributed by atoms with van der Waals surface area (Å²) in [5.74, 6) is -1.39. The van der Waals surface area contributed by atoms with E-state index < -0.39 is 11.6 Å². The first-order chi connectivity index (χ1) is 4.74. The summed E-state index contributed by atoms with van der Waals surface area (Å²) in [6.45, 7) is 0. The van der Waals surface area contributed by atoms with E-state index >= 15 is 0 Å². The quantitative estimate of drug-likeness (QED) is 0.578. The zero-order valence-corrected chi connectivity index (χ0v) is 4.90. The molecular weight excluding hydrogens is 138 g/mol. The van der Waals surface area contributed by atoms with Gasteiger partial charge < -0.3 is 0 Å². The predicted molar refractivity (Wildman–Crippen MR) is 31.2 cm³/mol. The van der Waals surface area contributed by atoms with Crippen molar-refractivity contribution in [2.75, 3.05) is 0 Å². The van der Waals surface area contributed by atoms with Crippen LogP contribution < -0.4 is 0 Å². The third-order valence-electron chi connectivity index (χ3n) is 1.04. The van der Waals surface area contributed by atoms with Gasteiger partial charge in [-0.15, -0.1) is 0 Å². The molecule has 0 saturated heterocycles. The first-order valence-electron chi connectivity index (χ1n) is 2.57. The molecule has 0 fully saturated rings. The molecule has 0 saturated carbocycles. The maximum atomic E-state index is 12.3. The number of rotatable bonds is 1. The zero-order valence-electron chi connectivity index (χ0n) is 4.90. The topological polar surface area (TPSA) is 17.1 Å². The fraction of sp³-hybridized carbons (Fsp3) is 0. The molecule has 0 spiro atoms. The molecule has 1 radical (unpaired) electrons. The van der Waals surface area contributed by atoms with E-state index in [2.05, 4.69) is 0 Å². The molecule has 0 aliphatic rings. The number of benzene rings is 1. The second-order valence-corrected chi connectivity index (χ2v) is 1.73. The van der Waals surface area contributed by atoms with E-state index in [9.17, 15) is 13.6 Å². The summed E-state index contributed by atoms with van der Waals surface area (Å²) >= 11 is 0. The summed E-state index contributed by atoms with van der Waals surface area (Å²) in [6, 6.07) is 2.62. The Bertz CT molecular complexity index is 258. The molecule has 0 atom stereocenters. The predicted octanol–water partition coefficient (Wildman–Crippen LogP) is 1.42. The third-order valence-corrected chi connectivity index (χ3v) is 1.04. The number of hydrogen-bond acceptors (Lipinski definition) is 1. The van der Waals surface area contributed by atoms with Crippen molar-refractivity contribution in [2.24, 2.45) is 0 Å². The van der Waals surface area contributed by atoms with Crippen LogP contribution in [-0.4, -0.2) is 6.29 Å². The monoisotopic (exact) mass is 141 g/mol. The van der Waals surface area contributed by atoms with Gasteiger partial charge in [-0.1, -0.05) is 0 Å². The van der Waals surface area contributed by atoms with Crippen LogP contribution in [0.5, 0.6) is 0 Å². The summed E-state index contributed by atoms with van der Waals surface area (Å²) in [7, 11) is 0. The molecule has 0 amide bonds. The summed E-state index contributed by atoms with van der Waals surface area (Å²) < 4.78 is 24.5. The standard InChI is InChI=1S/C7H3F2O/c8-6-1-2-7(9)5(3-6)4-10/h1-3H. The first-order valence-corrected chi connectivity index (χ1v) is 2.57. The van der Waals surface area contributed by atoms with Gasteiger partial charge in [0.2, 0.25) is 6.29 Å². The van der Waals surface area contributed by atoms with E-state index in [4.69, 9.17) is 0 Å². The molecule has 1 aromatic rings. The minimum Gasteiger partial charge on any atom is -0.285 e. The van der Waals surface area contributed by atoms with Crippen molar-refractivity contribution < 1.29 is 13.6 Å². The van der Waals surface area contributed by atoms with Gasteiger partial charge in [0.05, 0.1) is 5.56 Å². The second-order valence-electron chi connectivity index (χ2n) is 1.73. The molecule has 3 heteroatoms. The van der Waals surface area contributed by atoms with Crippen LogP contribution in [0.4, 0.5) is 8.78 Å². The Kier molecular flexibility index (Phi) is 1.76. The molecule has 0 N–H and O–H groups in total. The van der Waals surface area contributed by atoms with Gasteiger partial charge in [-0.2, -0.15) is 0 Å². The molecule has 10 heavy (non-hydrogen) atoms. The summed E-state index contributed by atoms with van der Waals surface area (Å²) in [6.07, 6.45) is 1.27. The molecule has 1 aromatic carbocycles. The highest BCUT2D eigenvalue weighted by molar-refractivity contribution is 5.75. The van der Waals surface area contributed by atoms with E-state index in [0.717, 1.165) is 18.2 Å². The molecule has 0 bridgehead atoms. The van der Waals surface area contributed by atoms with Crippen LogP contribution >= 0.6 is 0 Å².